The van der Waals surface area contributed by atoms with Crippen molar-refractivity contribution in [3.05, 3.63) is 0 Å². The maximum atomic E-state index is 4.15. The number of hydrogen-bond acceptors (Lipinski definition) is 2. The second kappa shape index (κ2) is 13.4. The number of rotatable bonds is 10. The molecular weight excluding hydrogens is 184 g/mol. The molecule has 0 aromatic rings. The summed E-state index contributed by atoms with van der Waals surface area (Å²) in [5.41, 5.74) is 0. The Bertz CT molecular complexity index is 169. The molecule has 0 radical (unpaired) electrons. The van der Waals surface area contributed by atoms with Gasteiger partial charge in [-0.3, -0.25) is 0 Å². The van der Waals surface area contributed by atoms with Crippen molar-refractivity contribution < 1.29 is 0 Å². The molecule has 0 saturated heterocycles. The molecule has 88 valence electrons. The Balaban J connectivity index is 3.15. The SMILES string of the molecule is CCCCCCCN=C=NCCCCC. The average Bonchev–Trinajstić information content (AvgIpc) is 2.26. The second-order valence-electron chi connectivity index (χ2n) is 3.98. The van der Waals surface area contributed by atoms with Crippen LogP contribution in [0.4, 0.5) is 0 Å². The van der Waals surface area contributed by atoms with Gasteiger partial charge in [0.05, 0.1) is 6.01 Å². The average molecular weight is 210 g/mol. The molecule has 0 atom stereocenters. The molecule has 0 aromatic heterocycles. The van der Waals surface area contributed by atoms with E-state index in [0.29, 0.717) is 0 Å². The van der Waals surface area contributed by atoms with Gasteiger partial charge in [-0.15, -0.1) is 0 Å². The Morgan fingerprint density at radius 3 is 1.73 bits per heavy atom. The van der Waals surface area contributed by atoms with Crippen molar-refractivity contribution in [1.29, 1.82) is 0 Å². The van der Waals surface area contributed by atoms with E-state index in [9.17, 15) is 0 Å². The Morgan fingerprint density at radius 2 is 1.13 bits per heavy atom. The quantitative estimate of drug-likeness (QED) is 0.379. The van der Waals surface area contributed by atoms with Crippen LogP contribution in [0.15, 0.2) is 9.98 Å². The predicted octanol–water partition coefficient (Wildman–Crippen LogP) is 4.32. The van der Waals surface area contributed by atoms with E-state index in [0.717, 1.165) is 13.1 Å². The maximum Gasteiger partial charge on any atom is 0.0892 e. The predicted molar refractivity (Wildman–Crippen MR) is 67.9 cm³/mol. The molecule has 2 nitrogen and oxygen atoms in total. The minimum atomic E-state index is 0.896. The van der Waals surface area contributed by atoms with Crippen molar-refractivity contribution in [3.8, 4) is 0 Å². The lowest BCUT2D eigenvalue weighted by Gasteiger charge is -1.94. The van der Waals surface area contributed by atoms with Crippen LogP contribution in [-0.4, -0.2) is 19.1 Å². The van der Waals surface area contributed by atoms with Gasteiger partial charge in [-0.2, -0.15) is 0 Å². The zero-order valence-electron chi connectivity index (χ0n) is 10.5. The highest BCUT2D eigenvalue weighted by Gasteiger charge is 1.86. The molecule has 0 fully saturated rings. The van der Waals surface area contributed by atoms with Crippen molar-refractivity contribution in [2.24, 2.45) is 9.98 Å². The van der Waals surface area contributed by atoms with Gasteiger partial charge < -0.3 is 0 Å². The molecule has 0 saturated carbocycles. The minimum Gasteiger partial charge on any atom is -0.226 e. The largest absolute Gasteiger partial charge is 0.226 e. The molecule has 0 bridgehead atoms. The lowest BCUT2D eigenvalue weighted by molar-refractivity contribution is 0.639. The van der Waals surface area contributed by atoms with Crippen LogP contribution in [0.5, 0.6) is 0 Å². The third-order valence-electron chi connectivity index (χ3n) is 2.39. The van der Waals surface area contributed by atoms with Crippen LogP contribution >= 0.6 is 0 Å². The van der Waals surface area contributed by atoms with Gasteiger partial charge in [-0.25, -0.2) is 9.98 Å². The van der Waals surface area contributed by atoms with Gasteiger partial charge in [0.1, 0.15) is 0 Å². The van der Waals surface area contributed by atoms with Crippen LogP contribution in [0.1, 0.15) is 65.2 Å². The normalized spacial score (nSPS) is 9.73. The molecule has 0 heterocycles. The summed E-state index contributed by atoms with van der Waals surface area (Å²) in [7, 11) is 0. The Morgan fingerprint density at radius 1 is 0.667 bits per heavy atom. The smallest absolute Gasteiger partial charge is 0.0892 e. The third kappa shape index (κ3) is 13.4. The van der Waals surface area contributed by atoms with E-state index in [2.05, 4.69) is 29.8 Å². The molecule has 0 aliphatic heterocycles. The van der Waals surface area contributed by atoms with Crippen molar-refractivity contribution in [2.45, 2.75) is 65.2 Å². The monoisotopic (exact) mass is 210 g/mol. The fourth-order valence-corrected chi connectivity index (χ4v) is 1.39. The van der Waals surface area contributed by atoms with Crippen LogP contribution in [0.25, 0.3) is 0 Å². The summed E-state index contributed by atoms with van der Waals surface area (Å²) >= 11 is 0. The van der Waals surface area contributed by atoms with Gasteiger partial charge in [0.2, 0.25) is 0 Å². The lowest BCUT2D eigenvalue weighted by Crippen LogP contribution is -1.82. The minimum absolute atomic E-state index is 0.896. The molecule has 0 N–H and O–H groups in total. The van der Waals surface area contributed by atoms with Crippen molar-refractivity contribution in [1.82, 2.24) is 0 Å². The first-order valence-electron chi connectivity index (χ1n) is 6.49. The first-order chi connectivity index (χ1) is 7.41. The van der Waals surface area contributed by atoms with Crippen molar-refractivity contribution in [3.63, 3.8) is 0 Å². The third-order valence-corrected chi connectivity index (χ3v) is 2.39. The standard InChI is InChI=1S/C13H26N2/c1-3-5-7-8-10-12-15-13-14-11-9-6-4-2/h3-12H2,1-2H3. The molecule has 0 rings (SSSR count). The Hall–Kier alpha value is -0.620. The topological polar surface area (TPSA) is 24.7 Å². The molecule has 0 amide bonds. The van der Waals surface area contributed by atoms with E-state index in [1.165, 1.54) is 51.4 Å². The van der Waals surface area contributed by atoms with Crippen LogP contribution in [0.3, 0.4) is 0 Å². The summed E-state index contributed by atoms with van der Waals surface area (Å²) in [6.45, 7) is 6.24. The van der Waals surface area contributed by atoms with E-state index in [4.69, 9.17) is 0 Å². The zero-order valence-corrected chi connectivity index (χ0v) is 10.5. The molecular formula is C13H26N2. The number of aliphatic imine (C=N–C) groups is 2. The highest BCUT2D eigenvalue weighted by Crippen LogP contribution is 2.01. The molecule has 0 unspecified atom stereocenters. The van der Waals surface area contributed by atoms with Gasteiger partial charge >= 0.3 is 0 Å². The zero-order chi connectivity index (χ0) is 11.2. The van der Waals surface area contributed by atoms with Gasteiger partial charge in [0.25, 0.3) is 0 Å². The highest BCUT2D eigenvalue weighted by atomic mass is 14.8. The van der Waals surface area contributed by atoms with Gasteiger partial charge in [-0.1, -0.05) is 52.4 Å². The van der Waals surface area contributed by atoms with E-state index in [-0.39, 0.29) is 0 Å². The Labute approximate surface area is 94.9 Å². The van der Waals surface area contributed by atoms with E-state index in [1.54, 1.807) is 0 Å². The number of hydrogen-bond donors (Lipinski definition) is 0. The van der Waals surface area contributed by atoms with Crippen LogP contribution in [0.2, 0.25) is 0 Å². The summed E-state index contributed by atoms with van der Waals surface area (Å²) in [5.74, 6) is 0. The number of nitrogens with zero attached hydrogens (tertiary/aromatic N) is 2. The van der Waals surface area contributed by atoms with E-state index >= 15 is 0 Å². The van der Waals surface area contributed by atoms with Crippen LogP contribution in [-0.2, 0) is 0 Å². The molecule has 0 aliphatic carbocycles. The summed E-state index contributed by atoms with van der Waals surface area (Å²) < 4.78 is 0. The van der Waals surface area contributed by atoms with Gasteiger partial charge in [0, 0.05) is 13.1 Å². The van der Waals surface area contributed by atoms with Crippen LogP contribution < -0.4 is 0 Å². The first kappa shape index (κ1) is 14.4. The summed E-state index contributed by atoms with van der Waals surface area (Å²) in [5, 5.41) is 0. The molecule has 0 aliphatic rings. The second-order valence-corrected chi connectivity index (χ2v) is 3.98. The summed E-state index contributed by atoms with van der Waals surface area (Å²) in [4.78, 5) is 8.28. The van der Waals surface area contributed by atoms with Gasteiger partial charge in [-0.05, 0) is 12.8 Å². The van der Waals surface area contributed by atoms with E-state index < -0.39 is 0 Å². The fourth-order valence-electron chi connectivity index (χ4n) is 1.39. The number of unbranched alkanes of at least 4 members (excludes halogenated alkanes) is 6. The molecule has 0 spiro atoms. The lowest BCUT2D eigenvalue weighted by atomic mass is 10.2. The van der Waals surface area contributed by atoms with Crippen LogP contribution in [0, 0.1) is 0 Å². The van der Waals surface area contributed by atoms with Crippen molar-refractivity contribution >= 4 is 6.01 Å². The summed E-state index contributed by atoms with van der Waals surface area (Å²) in [6.07, 6.45) is 10.2. The molecule has 0 aromatic carbocycles. The first-order valence-corrected chi connectivity index (χ1v) is 6.49. The van der Waals surface area contributed by atoms with E-state index in [1.807, 2.05) is 0 Å². The highest BCUT2D eigenvalue weighted by molar-refractivity contribution is 5.40. The maximum absolute atomic E-state index is 4.15. The summed E-state index contributed by atoms with van der Waals surface area (Å²) in [6, 6.07) is 2.79. The Kier molecular flexibility index (Phi) is 12.8. The van der Waals surface area contributed by atoms with Gasteiger partial charge in [0.15, 0.2) is 0 Å². The molecule has 2 heteroatoms. The fraction of sp³-hybridized carbons (Fsp3) is 0.923. The van der Waals surface area contributed by atoms with Crippen molar-refractivity contribution in [2.75, 3.05) is 13.1 Å². The molecule has 15 heavy (non-hydrogen) atoms.